The van der Waals surface area contributed by atoms with E-state index in [1.165, 1.54) is 11.6 Å². The number of hydrogen-bond donors (Lipinski definition) is 2. The molecule has 5 heterocycles. The second kappa shape index (κ2) is 12.0. The van der Waals surface area contributed by atoms with E-state index in [0.29, 0.717) is 41.2 Å². The van der Waals surface area contributed by atoms with Gasteiger partial charge in [-0.25, -0.2) is 28.7 Å². The third kappa shape index (κ3) is 5.86. The number of nitrogens with zero attached hydrogens (tertiary/aromatic N) is 7. The molecule has 3 aromatic heterocycles. The molecule has 0 unspecified atom stereocenters. The Balaban J connectivity index is 1.19. The minimum Gasteiger partial charge on any atom is -0.395 e. The van der Waals surface area contributed by atoms with Crippen LogP contribution in [-0.4, -0.2) is 78.2 Å². The van der Waals surface area contributed by atoms with Crippen LogP contribution in [-0.2, 0) is 19.5 Å². The van der Waals surface area contributed by atoms with E-state index in [2.05, 4.69) is 50.0 Å². The van der Waals surface area contributed by atoms with Gasteiger partial charge < -0.3 is 19.9 Å². The molecule has 42 heavy (non-hydrogen) atoms. The number of anilines is 2. The zero-order valence-electron chi connectivity index (χ0n) is 24.4. The first-order valence-corrected chi connectivity index (χ1v) is 14.8. The lowest BCUT2D eigenvalue weighted by Crippen LogP contribution is -2.47. The fourth-order valence-electron chi connectivity index (χ4n) is 6.24. The Hall–Kier alpha value is -3.54. The van der Waals surface area contributed by atoms with Gasteiger partial charge in [0, 0.05) is 49.9 Å². The van der Waals surface area contributed by atoms with Crippen LogP contribution in [0.2, 0.25) is 0 Å². The van der Waals surface area contributed by atoms with Crippen molar-refractivity contribution in [3.8, 4) is 11.3 Å². The fourth-order valence-corrected chi connectivity index (χ4v) is 6.24. The summed E-state index contributed by atoms with van der Waals surface area (Å²) in [4.78, 5) is 22.7. The monoisotopic (exact) mass is 576 g/mol. The fraction of sp³-hybridized carbons (Fsp3) is 0.484. The maximum absolute atomic E-state index is 15.1. The van der Waals surface area contributed by atoms with Crippen molar-refractivity contribution in [2.45, 2.75) is 59.2 Å². The molecule has 9 nitrogen and oxygen atoms in total. The number of aliphatic hydroxyl groups is 1. The highest BCUT2D eigenvalue weighted by Crippen LogP contribution is 2.30. The minimum atomic E-state index is -0.633. The number of aromatic nitrogens is 5. The van der Waals surface area contributed by atoms with E-state index in [4.69, 9.17) is 4.98 Å². The average Bonchev–Trinajstić information content (AvgIpc) is 3.29. The molecule has 0 atom stereocenters. The molecule has 0 aliphatic carbocycles. The van der Waals surface area contributed by atoms with Crippen LogP contribution >= 0.6 is 0 Å². The number of β-amino-alcohol motifs (C(OH)–C–C–N with tert-alkyl or cyclic N) is 1. The lowest BCUT2D eigenvalue weighted by molar-refractivity contribution is 0.0876. The molecular formula is C31H38F2N8O. The molecule has 6 rings (SSSR count). The van der Waals surface area contributed by atoms with Crippen molar-refractivity contribution in [3.05, 3.63) is 59.2 Å². The maximum Gasteiger partial charge on any atom is 0.229 e. The van der Waals surface area contributed by atoms with Gasteiger partial charge in [0.25, 0.3) is 0 Å². The third-order valence-electron chi connectivity index (χ3n) is 8.37. The third-order valence-corrected chi connectivity index (χ3v) is 8.37. The van der Waals surface area contributed by atoms with E-state index in [-0.39, 0.29) is 23.8 Å². The number of rotatable bonds is 8. The lowest BCUT2D eigenvalue weighted by atomic mass is 9.98. The van der Waals surface area contributed by atoms with Gasteiger partial charge in [-0.3, -0.25) is 4.90 Å². The Labute approximate surface area is 244 Å². The molecule has 0 spiro atoms. The van der Waals surface area contributed by atoms with Crippen LogP contribution in [0.25, 0.3) is 22.3 Å². The van der Waals surface area contributed by atoms with Gasteiger partial charge in [0.15, 0.2) is 11.6 Å². The SMILES string of the molecule is Cc1nc2c(F)cc(-c3nc(Nc4ccc5c(n4)CCN(C4CCN(CCO)CC4)C5)ncc3F)cc2n1CC(C)C. The quantitative estimate of drug-likeness (QED) is 0.312. The van der Waals surface area contributed by atoms with Crippen LogP contribution in [0.5, 0.6) is 0 Å². The molecular weight excluding hydrogens is 538 g/mol. The molecule has 2 aliphatic rings. The second-order valence-corrected chi connectivity index (χ2v) is 11.8. The Morgan fingerprint density at radius 1 is 1.05 bits per heavy atom. The number of benzene rings is 1. The molecule has 0 amide bonds. The van der Waals surface area contributed by atoms with Crippen molar-refractivity contribution < 1.29 is 13.9 Å². The van der Waals surface area contributed by atoms with Crippen molar-refractivity contribution in [2.24, 2.45) is 5.92 Å². The molecule has 1 aromatic carbocycles. The highest BCUT2D eigenvalue weighted by molar-refractivity contribution is 5.83. The van der Waals surface area contributed by atoms with Crippen LogP contribution in [0.4, 0.5) is 20.5 Å². The molecule has 2 aliphatic heterocycles. The topological polar surface area (TPSA) is 95.2 Å². The minimum absolute atomic E-state index is 0.0156. The Morgan fingerprint density at radius 3 is 2.62 bits per heavy atom. The Kier molecular flexibility index (Phi) is 8.15. The molecule has 11 heteroatoms. The summed E-state index contributed by atoms with van der Waals surface area (Å²) < 4.78 is 32.1. The van der Waals surface area contributed by atoms with Crippen molar-refractivity contribution in [1.82, 2.24) is 34.3 Å². The smallest absolute Gasteiger partial charge is 0.229 e. The Bertz CT molecular complexity index is 1580. The number of halogens is 2. The normalized spacial score (nSPS) is 16.8. The number of hydrogen-bond acceptors (Lipinski definition) is 8. The van der Waals surface area contributed by atoms with Crippen LogP contribution in [0, 0.1) is 24.5 Å². The summed E-state index contributed by atoms with van der Waals surface area (Å²) in [6, 6.07) is 7.56. The molecule has 4 aromatic rings. The maximum atomic E-state index is 15.1. The van der Waals surface area contributed by atoms with E-state index in [9.17, 15) is 9.50 Å². The Morgan fingerprint density at radius 2 is 1.86 bits per heavy atom. The number of aliphatic hydroxyl groups excluding tert-OH is 1. The van der Waals surface area contributed by atoms with Crippen molar-refractivity contribution >= 4 is 22.8 Å². The molecule has 1 fully saturated rings. The number of aryl methyl sites for hydroxylation is 1. The first kappa shape index (κ1) is 28.6. The van der Waals surface area contributed by atoms with Gasteiger partial charge in [-0.1, -0.05) is 19.9 Å². The van der Waals surface area contributed by atoms with Crippen LogP contribution < -0.4 is 5.32 Å². The molecule has 1 saturated heterocycles. The zero-order valence-corrected chi connectivity index (χ0v) is 24.4. The summed E-state index contributed by atoms with van der Waals surface area (Å²) in [5, 5.41) is 12.3. The van der Waals surface area contributed by atoms with Crippen molar-refractivity contribution in [2.75, 3.05) is 38.1 Å². The van der Waals surface area contributed by atoms with Gasteiger partial charge in [-0.15, -0.1) is 0 Å². The number of likely N-dealkylation sites (tertiary alicyclic amines) is 1. The van der Waals surface area contributed by atoms with Crippen LogP contribution in [0.15, 0.2) is 30.5 Å². The first-order valence-electron chi connectivity index (χ1n) is 14.8. The molecule has 0 bridgehead atoms. The number of piperidine rings is 1. The van der Waals surface area contributed by atoms with Crippen molar-refractivity contribution in [3.63, 3.8) is 0 Å². The number of pyridine rings is 1. The summed E-state index contributed by atoms with van der Waals surface area (Å²) in [6.07, 6.45) is 4.18. The van der Waals surface area contributed by atoms with Crippen molar-refractivity contribution in [1.29, 1.82) is 0 Å². The van der Waals surface area contributed by atoms with E-state index < -0.39 is 11.6 Å². The number of fused-ring (bicyclic) bond motifs is 2. The lowest BCUT2D eigenvalue weighted by Gasteiger charge is -2.40. The highest BCUT2D eigenvalue weighted by atomic mass is 19.1. The summed E-state index contributed by atoms with van der Waals surface area (Å²) in [5.74, 6) is 0.684. The highest BCUT2D eigenvalue weighted by Gasteiger charge is 2.28. The molecule has 222 valence electrons. The van der Waals surface area contributed by atoms with Crippen LogP contribution in [0.1, 0.15) is 43.8 Å². The summed E-state index contributed by atoms with van der Waals surface area (Å²) in [5.41, 5.74) is 3.48. The summed E-state index contributed by atoms with van der Waals surface area (Å²) >= 11 is 0. The number of imidazole rings is 1. The molecule has 2 N–H and O–H groups in total. The van der Waals surface area contributed by atoms with Gasteiger partial charge in [0.05, 0.1) is 18.3 Å². The van der Waals surface area contributed by atoms with Gasteiger partial charge in [-0.2, -0.15) is 0 Å². The summed E-state index contributed by atoms with van der Waals surface area (Å²) in [7, 11) is 0. The van der Waals surface area contributed by atoms with Gasteiger partial charge in [-0.05, 0) is 62.5 Å². The van der Waals surface area contributed by atoms with E-state index in [1.54, 1.807) is 6.07 Å². The largest absolute Gasteiger partial charge is 0.395 e. The van der Waals surface area contributed by atoms with Gasteiger partial charge >= 0.3 is 0 Å². The number of nitrogens with one attached hydrogen (secondary N) is 1. The van der Waals surface area contributed by atoms with Gasteiger partial charge in [0.1, 0.15) is 22.9 Å². The predicted molar refractivity (Wildman–Crippen MR) is 158 cm³/mol. The summed E-state index contributed by atoms with van der Waals surface area (Å²) in [6.45, 7) is 11.5. The molecule has 0 saturated carbocycles. The predicted octanol–water partition coefficient (Wildman–Crippen LogP) is 4.69. The standard InChI is InChI=1S/C31H38F2N8O/c1-19(2)17-41-20(3)35-30-24(32)14-22(15-27(30)41)29-25(33)16-34-31(38-29)37-28-5-4-21-18-40(11-8-26(21)36-28)23-6-9-39(10-7-23)12-13-42/h4-5,14-16,19,23,42H,6-13,17-18H2,1-3H3,(H,34,36,37,38). The first-order chi connectivity index (χ1) is 20.3. The molecule has 0 radical (unpaired) electrons. The average molecular weight is 577 g/mol. The zero-order chi connectivity index (χ0) is 29.4. The van der Waals surface area contributed by atoms with E-state index in [1.807, 2.05) is 17.6 Å². The van der Waals surface area contributed by atoms with E-state index >= 15 is 4.39 Å². The van der Waals surface area contributed by atoms with E-state index in [0.717, 1.165) is 63.9 Å². The van der Waals surface area contributed by atoms with Crippen LogP contribution in [0.3, 0.4) is 0 Å². The second-order valence-electron chi connectivity index (χ2n) is 11.8. The van der Waals surface area contributed by atoms with Gasteiger partial charge in [0.2, 0.25) is 5.95 Å².